The molecule has 96 heavy (non-hydrogen) atoms. The molecule has 2 aliphatic heterocycles. The minimum Gasteiger partial charge on any atom is -0.394 e. The summed E-state index contributed by atoms with van der Waals surface area (Å²) < 4.78 is 22.9. The van der Waals surface area contributed by atoms with Gasteiger partial charge in [0.15, 0.2) is 12.6 Å². The zero-order valence-electron chi connectivity index (χ0n) is 60.6. The van der Waals surface area contributed by atoms with E-state index in [0.717, 1.165) is 89.9 Å². The van der Waals surface area contributed by atoms with Crippen LogP contribution in [-0.4, -0.2) is 140 Å². The maximum Gasteiger partial charge on any atom is 0.220 e. The molecule has 554 valence electrons. The molecule has 0 aromatic rings. The van der Waals surface area contributed by atoms with Gasteiger partial charge in [0.25, 0.3) is 0 Å². The van der Waals surface area contributed by atoms with Crippen LogP contribution in [0.25, 0.3) is 0 Å². The third-order valence-corrected chi connectivity index (χ3v) is 18.5. The number of unbranched alkanes of at least 4 members (excludes halogenated alkanes) is 35. The van der Waals surface area contributed by atoms with Gasteiger partial charge in [-0.05, 0) is 83.5 Å². The largest absolute Gasteiger partial charge is 0.394 e. The number of carbonyl (C=O) groups excluding carboxylic acids is 1. The lowest BCUT2D eigenvalue weighted by atomic mass is 9.97. The number of hydrogen-bond donors (Lipinski definition) is 9. The van der Waals surface area contributed by atoms with Gasteiger partial charge in [0.1, 0.15) is 48.8 Å². The maximum absolute atomic E-state index is 13.4. The molecule has 2 saturated heterocycles. The third kappa shape index (κ3) is 47.7. The molecule has 14 heteroatoms. The van der Waals surface area contributed by atoms with Crippen LogP contribution in [-0.2, 0) is 23.7 Å². The Balaban J connectivity index is 1.62. The minimum absolute atomic E-state index is 0.240. The number of carbonyl (C=O) groups is 1. The van der Waals surface area contributed by atoms with Gasteiger partial charge in [-0.25, -0.2) is 0 Å². The molecule has 0 bridgehead atoms. The van der Waals surface area contributed by atoms with Crippen molar-refractivity contribution in [3.05, 3.63) is 109 Å². The molecular formula is C82H143NO13. The lowest BCUT2D eigenvalue weighted by molar-refractivity contribution is -0.359. The van der Waals surface area contributed by atoms with Crippen LogP contribution in [0, 0.1) is 0 Å². The predicted molar refractivity (Wildman–Crippen MR) is 396 cm³/mol. The Morgan fingerprint density at radius 3 is 1.10 bits per heavy atom. The van der Waals surface area contributed by atoms with E-state index in [1.54, 1.807) is 6.08 Å². The van der Waals surface area contributed by atoms with Crippen LogP contribution >= 0.6 is 0 Å². The fourth-order valence-corrected chi connectivity index (χ4v) is 12.3. The van der Waals surface area contributed by atoms with Crippen LogP contribution < -0.4 is 5.32 Å². The summed E-state index contributed by atoms with van der Waals surface area (Å²) in [4.78, 5) is 13.4. The van der Waals surface area contributed by atoms with Crippen molar-refractivity contribution in [3.8, 4) is 0 Å². The highest BCUT2D eigenvalue weighted by Crippen LogP contribution is 2.30. The van der Waals surface area contributed by atoms with E-state index < -0.39 is 86.8 Å². The summed E-state index contributed by atoms with van der Waals surface area (Å²) in [5.41, 5.74) is 0. The summed E-state index contributed by atoms with van der Waals surface area (Å²) in [5, 5.41) is 87.6. The maximum atomic E-state index is 13.4. The van der Waals surface area contributed by atoms with Crippen molar-refractivity contribution < 1.29 is 64.6 Å². The lowest BCUT2D eigenvalue weighted by Gasteiger charge is -2.46. The molecule has 12 atom stereocenters. The molecule has 1 amide bonds. The first-order valence-corrected chi connectivity index (χ1v) is 39.1. The Bertz CT molecular complexity index is 2030. The van der Waals surface area contributed by atoms with Crippen molar-refractivity contribution in [3.63, 3.8) is 0 Å². The van der Waals surface area contributed by atoms with E-state index in [4.69, 9.17) is 18.9 Å². The Hall–Kier alpha value is -3.35. The first kappa shape index (κ1) is 88.7. The van der Waals surface area contributed by atoms with Crippen molar-refractivity contribution in [2.45, 2.75) is 383 Å². The summed E-state index contributed by atoms with van der Waals surface area (Å²) in [5.74, 6) is -0.240. The number of ether oxygens (including phenoxy) is 4. The Kier molecular flexibility index (Phi) is 60.1. The second-order valence-electron chi connectivity index (χ2n) is 27.1. The molecular weight excluding hydrogens is 1210 g/mol. The normalized spacial score (nSPS) is 22.9. The standard InChI is InChI=1S/C82H143NO13/c1-3-5-7-9-11-13-15-17-19-21-23-25-27-28-29-30-31-32-33-34-35-36-37-38-39-40-41-42-44-46-48-50-52-54-56-58-60-62-64-66-74(87)83-70(69-93-81-79(92)77(90)80(73(68-85)95-81)96-82-78(91)76(89)75(88)72(67-84)94-82)71(86)65-63-61-59-57-55-53-51-49-47-45-43-26-24-22-20-18-16-14-12-10-8-6-4-2/h5,7,11,13,17,19,23,25,28-29,31-32,34-35,37-38,63,65,70-73,75-82,84-86,88-92H,3-4,6,8-10,12,14-16,18,20-22,24,26-27,30,33,36,39-62,64,66-69H2,1-2H3,(H,83,87)/b7-5-,13-11-,19-17-,25-23-,29-28-,32-31-,35-34-,38-37-,65-63+. The van der Waals surface area contributed by atoms with E-state index >= 15 is 0 Å². The highest BCUT2D eigenvalue weighted by atomic mass is 16.7. The quantitative estimate of drug-likeness (QED) is 0.0204. The molecule has 9 N–H and O–H groups in total. The Morgan fingerprint density at radius 2 is 0.719 bits per heavy atom. The van der Waals surface area contributed by atoms with E-state index in [0.29, 0.717) is 6.42 Å². The summed E-state index contributed by atoms with van der Waals surface area (Å²) >= 11 is 0. The van der Waals surface area contributed by atoms with Crippen molar-refractivity contribution >= 4 is 5.91 Å². The number of hydrogen-bond acceptors (Lipinski definition) is 13. The molecule has 2 rings (SSSR count). The molecule has 0 spiro atoms. The fourth-order valence-electron chi connectivity index (χ4n) is 12.3. The van der Waals surface area contributed by atoms with Crippen LogP contribution in [0.3, 0.4) is 0 Å². The van der Waals surface area contributed by atoms with Crippen LogP contribution in [0.1, 0.15) is 309 Å². The molecule has 2 fully saturated rings. The number of aliphatic hydroxyl groups is 8. The SMILES string of the molecule is CC/C=C\C/C=C\C/C=C\C/C=C\C/C=C\C/C=C\C/C=C\C/C=C\CCCCCCCCCCCCCCCCC(=O)NC(COC1OC(CO)C(OC2OC(CO)C(O)C(O)C2O)C(O)C1O)C(O)/C=C/CCCCCCCCCCCCCCCCCCCCCCC. The molecule has 14 nitrogen and oxygen atoms in total. The van der Waals surface area contributed by atoms with Gasteiger partial charge in [-0.3, -0.25) is 4.79 Å². The molecule has 0 saturated carbocycles. The lowest BCUT2D eigenvalue weighted by Crippen LogP contribution is -2.65. The van der Waals surface area contributed by atoms with E-state index in [1.165, 1.54) is 193 Å². The minimum atomic E-state index is -1.79. The molecule has 0 aliphatic carbocycles. The number of nitrogens with one attached hydrogen (secondary N) is 1. The Morgan fingerprint density at radius 1 is 0.385 bits per heavy atom. The monoisotopic (exact) mass is 1350 g/mol. The number of allylic oxidation sites excluding steroid dienone is 17. The van der Waals surface area contributed by atoms with E-state index in [-0.39, 0.29) is 18.9 Å². The fraction of sp³-hybridized carbons (Fsp3) is 0.768. The van der Waals surface area contributed by atoms with Gasteiger partial charge >= 0.3 is 0 Å². The van der Waals surface area contributed by atoms with Crippen LogP contribution in [0.2, 0.25) is 0 Å². The van der Waals surface area contributed by atoms with Gasteiger partial charge in [-0.15, -0.1) is 0 Å². The molecule has 2 aliphatic rings. The van der Waals surface area contributed by atoms with Gasteiger partial charge in [0.2, 0.25) is 5.91 Å². The summed E-state index contributed by atoms with van der Waals surface area (Å²) in [6.07, 6.45) is 77.2. The van der Waals surface area contributed by atoms with Gasteiger partial charge in [-0.2, -0.15) is 0 Å². The highest BCUT2D eigenvalue weighted by molar-refractivity contribution is 5.76. The van der Waals surface area contributed by atoms with Crippen molar-refractivity contribution in [1.82, 2.24) is 5.32 Å². The first-order chi connectivity index (χ1) is 47.1. The van der Waals surface area contributed by atoms with Gasteiger partial charge in [-0.1, -0.05) is 329 Å². The van der Waals surface area contributed by atoms with Crippen LogP contribution in [0.15, 0.2) is 109 Å². The first-order valence-electron chi connectivity index (χ1n) is 39.1. The van der Waals surface area contributed by atoms with E-state index in [1.807, 2.05) is 6.08 Å². The predicted octanol–water partition coefficient (Wildman–Crippen LogP) is 17.5. The summed E-state index contributed by atoms with van der Waals surface area (Å²) in [6.45, 7) is 2.72. The summed E-state index contributed by atoms with van der Waals surface area (Å²) in [6, 6.07) is -0.922. The van der Waals surface area contributed by atoms with Gasteiger partial charge < -0.3 is 65.1 Å². The third-order valence-electron chi connectivity index (χ3n) is 18.5. The van der Waals surface area contributed by atoms with Crippen molar-refractivity contribution in [2.24, 2.45) is 0 Å². The molecule has 0 aromatic carbocycles. The van der Waals surface area contributed by atoms with E-state index in [2.05, 4.69) is 116 Å². The highest BCUT2D eigenvalue weighted by Gasteiger charge is 2.51. The van der Waals surface area contributed by atoms with E-state index in [9.17, 15) is 45.6 Å². The topological polar surface area (TPSA) is 228 Å². The van der Waals surface area contributed by atoms with Gasteiger partial charge in [0.05, 0.1) is 32.0 Å². The average Bonchev–Trinajstić information content (AvgIpc) is 0.806. The van der Waals surface area contributed by atoms with Crippen LogP contribution in [0.5, 0.6) is 0 Å². The number of rotatable bonds is 64. The Labute approximate surface area is 585 Å². The second-order valence-corrected chi connectivity index (χ2v) is 27.1. The number of aliphatic hydroxyl groups excluding tert-OH is 8. The molecule has 0 radical (unpaired) electrons. The van der Waals surface area contributed by atoms with Crippen molar-refractivity contribution in [2.75, 3.05) is 19.8 Å². The summed E-state index contributed by atoms with van der Waals surface area (Å²) in [7, 11) is 0. The zero-order valence-corrected chi connectivity index (χ0v) is 60.6. The molecule has 2 heterocycles. The number of amides is 1. The van der Waals surface area contributed by atoms with Gasteiger partial charge in [0, 0.05) is 6.42 Å². The van der Waals surface area contributed by atoms with Crippen molar-refractivity contribution in [1.29, 1.82) is 0 Å². The second kappa shape index (κ2) is 65.0. The zero-order chi connectivity index (χ0) is 69.4. The molecule has 0 aromatic heterocycles. The van der Waals surface area contributed by atoms with Crippen LogP contribution in [0.4, 0.5) is 0 Å². The molecule has 12 unspecified atom stereocenters. The average molecular weight is 1350 g/mol. The smallest absolute Gasteiger partial charge is 0.220 e.